The minimum atomic E-state index is -1.06. The molecule has 6 heteroatoms. The average Bonchev–Trinajstić information content (AvgIpc) is 3.02. The van der Waals surface area contributed by atoms with Gasteiger partial charge >= 0.3 is 5.97 Å². The summed E-state index contributed by atoms with van der Waals surface area (Å²) in [5.74, 6) is -1.82. The molecule has 1 amide bonds. The van der Waals surface area contributed by atoms with Crippen LogP contribution in [0.2, 0.25) is 0 Å². The molecule has 3 aromatic rings. The van der Waals surface area contributed by atoms with Crippen LogP contribution in [0.5, 0.6) is 0 Å². The fourth-order valence-corrected chi connectivity index (χ4v) is 4.80. The van der Waals surface area contributed by atoms with Crippen LogP contribution in [0.15, 0.2) is 48.5 Å². The van der Waals surface area contributed by atoms with Crippen molar-refractivity contribution in [2.75, 3.05) is 5.32 Å². The van der Waals surface area contributed by atoms with Crippen LogP contribution >= 0.6 is 11.3 Å². The van der Waals surface area contributed by atoms with Crippen molar-refractivity contribution in [1.82, 2.24) is 0 Å². The third-order valence-corrected chi connectivity index (χ3v) is 6.09. The van der Waals surface area contributed by atoms with Gasteiger partial charge in [0.1, 0.15) is 10.7 Å². The number of anilines is 1. The van der Waals surface area contributed by atoms with Gasteiger partial charge in [0, 0.05) is 22.8 Å². The maximum Gasteiger partial charge on any atom is 0.346 e. The molecule has 1 atom stereocenters. The molecule has 0 fully saturated rings. The normalized spacial score (nSPS) is 15.9. The summed E-state index contributed by atoms with van der Waals surface area (Å²) in [6.45, 7) is 1.98. The summed E-state index contributed by atoms with van der Waals surface area (Å²) < 4.78 is 13.3. The van der Waals surface area contributed by atoms with Gasteiger partial charge in [-0.1, -0.05) is 36.4 Å². The van der Waals surface area contributed by atoms with Crippen LogP contribution in [0, 0.1) is 12.7 Å². The number of hydrogen-bond donors (Lipinski definition) is 2. The highest BCUT2D eigenvalue weighted by molar-refractivity contribution is 7.15. The molecular weight excluding hydrogens is 365 g/mol. The lowest BCUT2D eigenvalue weighted by atomic mass is 9.86. The van der Waals surface area contributed by atoms with Crippen molar-refractivity contribution in [2.24, 2.45) is 0 Å². The number of thiophene rings is 1. The summed E-state index contributed by atoms with van der Waals surface area (Å²) in [5, 5.41) is 12.6. The second-order valence-corrected chi connectivity index (χ2v) is 7.57. The highest BCUT2D eigenvalue weighted by atomic mass is 32.1. The molecule has 1 aliphatic heterocycles. The lowest BCUT2D eigenvalue weighted by molar-refractivity contribution is -0.116. The van der Waals surface area contributed by atoms with Gasteiger partial charge in [-0.2, -0.15) is 0 Å². The molecule has 27 heavy (non-hydrogen) atoms. The lowest BCUT2D eigenvalue weighted by Gasteiger charge is -2.25. The third kappa shape index (κ3) is 3.02. The number of hydrogen-bond acceptors (Lipinski definition) is 3. The summed E-state index contributed by atoms with van der Waals surface area (Å²) in [4.78, 5) is 25.3. The maximum absolute atomic E-state index is 13.3. The predicted molar refractivity (Wildman–Crippen MR) is 103 cm³/mol. The predicted octanol–water partition coefficient (Wildman–Crippen LogP) is 5.03. The van der Waals surface area contributed by atoms with E-state index in [1.807, 2.05) is 31.2 Å². The second-order valence-electron chi connectivity index (χ2n) is 6.52. The first-order valence-corrected chi connectivity index (χ1v) is 9.28. The van der Waals surface area contributed by atoms with Crippen molar-refractivity contribution in [3.63, 3.8) is 0 Å². The van der Waals surface area contributed by atoms with E-state index in [1.165, 1.54) is 35.6 Å². The summed E-state index contributed by atoms with van der Waals surface area (Å²) in [7, 11) is 0. The number of aromatic carboxylic acids is 1. The number of rotatable bonds is 3. The highest BCUT2D eigenvalue weighted by Gasteiger charge is 2.34. The molecular formula is C21H16FNO3S. The van der Waals surface area contributed by atoms with Crippen molar-refractivity contribution in [1.29, 1.82) is 0 Å². The fourth-order valence-electron chi connectivity index (χ4n) is 3.56. The Morgan fingerprint density at radius 3 is 2.56 bits per heavy atom. The maximum atomic E-state index is 13.3. The number of carboxylic acids is 1. The van der Waals surface area contributed by atoms with E-state index in [9.17, 15) is 19.1 Å². The molecule has 136 valence electrons. The monoisotopic (exact) mass is 381 g/mol. The minimum Gasteiger partial charge on any atom is -0.477 e. The van der Waals surface area contributed by atoms with E-state index >= 15 is 0 Å². The molecule has 1 aromatic heterocycles. The van der Waals surface area contributed by atoms with Crippen molar-refractivity contribution < 1.29 is 19.1 Å². The highest BCUT2D eigenvalue weighted by Crippen LogP contribution is 2.49. The van der Waals surface area contributed by atoms with E-state index in [-0.39, 0.29) is 23.1 Å². The Morgan fingerprint density at radius 1 is 1.19 bits per heavy atom. The van der Waals surface area contributed by atoms with E-state index in [2.05, 4.69) is 5.32 Å². The molecule has 0 spiro atoms. The molecule has 2 heterocycles. The Morgan fingerprint density at radius 2 is 1.89 bits per heavy atom. The van der Waals surface area contributed by atoms with Crippen LogP contribution in [0.25, 0.3) is 11.1 Å². The molecule has 4 rings (SSSR count). The number of nitrogens with one attached hydrogen (secondary N) is 1. The molecule has 4 nitrogen and oxygen atoms in total. The molecule has 0 saturated heterocycles. The third-order valence-electron chi connectivity index (χ3n) is 4.80. The van der Waals surface area contributed by atoms with Gasteiger partial charge in [0.2, 0.25) is 5.91 Å². The van der Waals surface area contributed by atoms with Gasteiger partial charge in [-0.15, -0.1) is 11.3 Å². The number of carbonyl (C=O) groups is 2. The molecule has 0 saturated carbocycles. The average molecular weight is 381 g/mol. The quantitative estimate of drug-likeness (QED) is 0.668. The van der Waals surface area contributed by atoms with Crippen molar-refractivity contribution in [2.45, 2.75) is 19.3 Å². The second kappa shape index (κ2) is 6.63. The van der Waals surface area contributed by atoms with Crippen LogP contribution in [0.4, 0.5) is 10.1 Å². The molecule has 0 radical (unpaired) electrons. The Kier molecular flexibility index (Phi) is 4.28. The lowest BCUT2D eigenvalue weighted by Crippen LogP contribution is -2.22. The SMILES string of the molecule is Cc1ccccc1[C@@H]1CC(=O)Nc2c1sc(C(=O)O)c2-c1ccc(F)cc1. The summed E-state index contributed by atoms with van der Waals surface area (Å²) >= 11 is 1.17. The van der Waals surface area contributed by atoms with Crippen LogP contribution in [0.1, 0.15) is 38.0 Å². The zero-order chi connectivity index (χ0) is 19.1. The Labute approximate surface area is 159 Å². The summed E-state index contributed by atoms with van der Waals surface area (Å²) in [6.07, 6.45) is 0.264. The van der Waals surface area contributed by atoms with E-state index in [0.29, 0.717) is 16.8 Å². The summed E-state index contributed by atoms with van der Waals surface area (Å²) in [6, 6.07) is 13.4. The van der Waals surface area contributed by atoms with Crippen molar-refractivity contribution >= 4 is 28.9 Å². The molecule has 0 bridgehead atoms. The van der Waals surface area contributed by atoms with E-state index < -0.39 is 11.8 Å². The Hall–Kier alpha value is -2.99. The van der Waals surface area contributed by atoms with Gasteiger partial charge in [-0.25, -0.2) is 9.18 Å². The number of aryl methyl sites for hydroxylation is 1. The van der Waals surface area contributed by atoms with Gasteiger partial charge in [0.25, 0.3) is 0 Å². The van der Waals surface area contributed by atoms with E-state index in [4.69, 9.17) is 0 Å². The number of halogens is 1. The smallest absolute Gasteiger partial charge is 0.346 e. The first-order valence-electron chi connectivity index (χ1n) is 8.47. The fraction of sp³-hybridized carbons (Fsp3) is 0.143. The van der Waals surface area contributed by atoms with Crippen molar-refractivity contribution in [3.05, 3.63) is 75.2 Å². The molecule has 1 aliphatic rings. The summed E-state index contributed by atoms with van der Waals surface area (Å²) in [5.41, 5.74) is 3.59. The van der Waals surface area contributed by atoms with Gasteiger partial charge < -0.3 is 10.4 Å². The molecule has 2 aromatic carbocycles. The van der Waals surface area contributed by atoms with E-state index in [1.54, 1.807) is 0 Å². The molecule has 0 aliphatic carbocycles. The number of fused-ring (bicyclic) bond motifs is 1. The topological polar surface area (TPSA) is 66.4 Å². The van der Waals surface area contributed by atoms with Crippen LogP contribution in [-0.2, 0) is 4.79 Å². The van der Waals surface area contributed by atoms with Gasteiger partial charge in [-0.3, -0.25) is 4.79 Å². The molecule has 0 unspecified atom stereocenters. The molecule has 2 N–H and O–H groups in total. The van der Waals surface area contributed by atoms with Crippen molar-refractivity contribution in [3.8, 4) is 11.1 Å². The number of carbonyl (C=O) groups excluding carboxylic acids is 1. The standard InChI is InChI=1S/C21H16FNO3S/c1-11-4-2-3-5-14(11)15-10-16(24)23-18-17(12-6-8-13(22)9-7-12)20(21(25)26)27-19(15)18/h2-9,15H,10H2,1H3,(H,23,24)(H,25,26)/t15-/m0/s1. The van der Waals surface area contributed by atoms with Gasteiger partial charge in [0.05, 0.1) is 5.69 Å². The zero-order valence-corrected chi connectivity index (χ0v) is 15.3. The number of amides is 1. The van der Waals surface area contributed by atoms with Gasteiger partial charge in [0.15, 0.2) is 0 Å². The van der Waals surface area contributed by atoms with Crippen LogP contribution < -0.4 is 5.32 Å². The van der Waals surface area contributed by atoms with Crippen LogP contribution in [0.3, 0.4) is 0 Å². The van der Waals surface area contributed by atoms with Gasteiger partial charge in [-0.05, 0) is 35.7 Å². The first-order chi connectivity index (χ1) is 13.0. The number of benzene rings is 2. The Bertz CT molecular complexity index is 1060. The minimum absolute atomic E-state index is 0.146. The van der Waals surface area contributed by atoms with Crippen LogP contribution in [-0.4, -0.2) is 17.0 Å². The largest absolute Gasteiger partial charge is 0.477 e. The Balaban J connectivity index is 1.95. The first kappa shape index (κ1) is 17.4. The zero-order valence-electron chi connectivity index (χ0n) is 14.5. The number of carboxylic acid groups (broad SMARTS) is 1. The van der Waals surface area contributed by atoms with E-state index in [0.717, 1.165) is 16.0 Å².